The van der Waals surface area contributed by atoms with E-state index < -0.39 is 0 Å². The van der Waals surface area contributed by atoms with Crippen molar-refractivity contribution in [1.82, 2.24) is 9.80 Å². The molecule has 0 atom stereocenters. The van der Waals surface area contributed by atoms with E-state index in [4.69, 9.17) is 5.73 Å². The number of rotatable bonds is 5. The van der Waals surface area contributed by atoms with E-state index in [0.717, 1.165) is 39.3 Å². The fraction of sp³-hybridized carbons (Fsp3) is 0.350. The maximum atomic E-state index is 11.1. The molecule has 4 heteroatoms. The molecule has 1 amide bonds. The minimum absolute atomic E-state index is 0.368. The number of hydrogen-bond acceptors (Lipinski definition) is 3. The number of carbonyl (C=O) groups excluding carboxylic acids is 1. The minimum Gasteiger partial charge on any atom is -0.366 e. The van der Waals surface area contributed by atoms with E-state index in [2.05, 4.69) is 40.1 Å². The van der Waals surface area contributed by atoms with Crippen LogP contribution in [0.2, 0.25) is 0 Å². The molecule has 0 aliphatic carbocycles. The van der Waals surface area contributed by atoms with Crippen LogP contribution in [0.3, 0.4) is 0 Å². The van der Waals surface area contributed by atoms with E-state index in [9.17, 15) is 4.79 Å². The summed E-state index contributed by atoms with van der Waals surface area (Å²) in [4.78, 5) is 16.2. The van der Waals surface area contributed by atoms with E-state index in [1.54, 1.807) is 0 Å². The second-order valence-corrected chi connectivity index (χ2v) is 6.45. The highest BCUT2D eigenvalue weighted by atomic mass is 16.1. The van der Waals surface area contributed by atoms with Crippen LogP contribution in [0.4, 0.5) is 0 Å². The van der Waals surface area contributed by atoms with Crippen molar-refractivity contribution in [3.05, 3.63) is 71.3 Å². The summed E-state index contributed by atoms with van der Waals surface area (Å²) in [7, 11) is 0. The molecular weight excluding hydrogens is 298 g/mol. The van der Waals surface area contributed by atoms with Gasteiger partial charge in [-0.25, -0.2) is 0 Å². The van der Waals surface area contributed by atoms with Crippen LogP contribution >= 0.6 is 0 Å². The SMILES string of the molecule is NC(=O)c1ccc(CN2CCCN(Cc3ccccc3)CC2)cc1. The fourth-order valence-corrected chi connectivity index (χ4v) is 3.21. The standard InChI is InChI=1S/C20H25N3O/c21-20(24)19-9-7-18(8-10-19)16-23-12-4-11-22(13-14-23)15-17-5-2-1-3-6-17/h1-3,5-10H,4,11-16H2,(H2,21,24). The molecule has 3 rings (SSSR count). The number of hydrogen-bond donors (Lipinski definition) is 1. The van der Waals surface area contributed by atoms with E-state index in [1.807, 2.05) is 24.3 Å². The summed E-state index contributed by atoms with van der Waals surface area (Å²) >= 11 is 0. The average Bonchev–Trinajstić information content (AvgIpc) is 2.82. The Bertz CT molecular complexity index is 654. The van der Waals surface area contributed by atoms with Gasteiger partial charge in [0.2, 0.25) is 5.91 Å². The first-order chi connectivity index (χ1) is 11.7. The summed E-state index contributed by atoms with van der Waals surface area (Å²) in [6.45, 7) is 6.38. The van der Waals surface area contributed by atoms with Gasteiger partial charge in [0.15, 0.2) is 0 Å². The Morgan fingerprint density at radius 1 is 0.792 bits per heavy atom. The van der Waals surface area contributed by atoms with Crippen LogP contribution in [-0.4, -0.2) is 41.9 Å². The molecule has 1 aliphatic rings. The van der Waals surface area contributed by atoms with Crippen molar-refractivity contribution in [2.75, 3.05) is 26.2 Å². The van der Waals surface area contributed by atoms with E-state index in [-0.39, 0.29) is 5.91 Å². The maximum absolute atomic E-state index is 11.1. The molecule has 0 unspecified atom stereocenters. The number of primary amides is 1. The predicted octanol–water partition coefficient (Wildman–Crippen LogP) is 2.49. The predicted molar refractivity (Wildman–Crippen MR) is 96.6 cm³/mol. The quantitative estimate of drug-likeness (QED) is 0.920. The summed E-state index contributed by atoms with van der Waals surface area (Å²) in [6, 6.07) is 18.3. The Hall–Kier alpha value is -2.17. The van der Waals surface area contributed by atoms with Crippen molar-refractivity contribution in [3.63, 3.8) is 0 Å². The van der Waals surface area contributed by atoms with Gasteiger partial charge in [-0.1, -0.05) is 42.5 Å². The Morgan fingerprint density at radius 3 is 1.88 bits per heavy atom. The highest BCUT2D eigenvalue weighted by molar-refractivity contribution is 5.92. The lowest BCUT2D eigenvalue weighted by Gasteiger charge is -2.22. The lowest BCUT2D eigenvalue weighted by Crippen LogP contribution is -2.30. The van der Waals surface area contributed by atoms with Crippen LogP contribution in [-0.2, 0) is 13.1 Å². The third-order valence-corrected chi connectivity index (χ3v) is 4.57. The number of nitrogens with two attached hydrogens (primary N) is 1. The van der Waals surface area contributed by atoms with Crippen molar-refractivity contribution >= 4 is 5.91 Å². The van der Waals surface area contributed by atoms with Gasteiger partial charge in [-0.05, 0) is 42.8 Å². The molecule has 0 spiro atoms. The lowest BCUT2D eigenvalue weighted by atomic mass is 10.1. The van der Waals surface area contributed by atoms with E-state index in [1.165, 1.54) is 17.5 Å². The van der Waals surface area contributed by atoms with Crippen LogP contribution in [0.15, 0.2) is 54.6 Å². The summed E-state index contributed by atoms with van der Waals surface area (Å²) < 4.78 is 0. The molecule has 24 heavy (non-hydrogen) atoms. The third kappa shape index (κ3) is 4.66. The lowest BCUT2D eigenvalue weighted by molar-refractivity contribution is 0.100. The van der Waals surface area contributed by atoms with Crippen LogP contribution in [0.25, 0.3) is 0 Å². The zero-order valence-electron chi connectivity index (χ0n) is 14.0. The van der Waals surface area contributed by atoms with Gasteiger partial charge in [-0.2, -0.15) is 0 Å². The minimum atomic E-state index is -0.368. The maximum Gasteiger partial charge on any atom is 0.248 e. The van der Waals surface area contributed by atoms with Crippen molar-refractivity contribution in [2.24, 2.45) is 5.73 Å². The van der Waals surface area contributed by atoms with E-state index in [0.29, 0.717) is 5.56 Å². The highest BCUT2D eigenvalue weighted by Gasteiger charge is 2.15. The molecule has 2 N–H and O–H groups in total. The second-order valence-electron chi connectivity index (χ2n) is 6.45. The summed E-state index contributed by atoms with van der Waals surface area (Å²) in [5.74, 6) is -0.368. The smallest absolute Gasteiger partial charge is 0.248 e. The fourth-order valence-electron chi connectivity index (χ4n) is 3.21. The molecule has 2 aromatic carbocycles. The topological polar surface area (TPSA) is 49.6 Å². The number of nitrogens with zero attached hydrogens (tertiary/aromatic N) is 2. The molecule has 126 valence electrons. The number of amides is 1. The van der Waals surface area contributed by atoms with Gasteiger partial charge in [0.1, 0.15) is 0 Å². The normalized spacial score (nSPS) is 16.7. The first-order valence-corrected chi connectivity index (χ1v) is 8.58. The van der Waals surface area contributed by atoms with Gasteiger partial charge in [-0.15, -0.1) is 0 Å². The van der Waals surface area contributed by atoms with Crippen molar-refractivity contribution < 1.29 is 4.79 Å². The van der Waals surface area contributed by atoms with E-state index >= 15 is 0 Å². The number of carbonyl (C=O) groups is 1. The Morgan fingerprint density at radius 2 is 1.33 bits per heavy atom. The monoisotopic (exact) mass is 323 g/mol. The van der Waals surface area contributed by atoms with Crippen molar-refractivity contribution in [3.8, 4) is 0 Å². The van der Waals surface area contributed by atoms with Gasteiger partial charge in [0.25, 0.3) is 0 Å². The van der Waals surface area contributed by atoms with Gasteiger partial charge in [0, 0.05) is 31.7 Å². The van der Waals surface area contributed by atoms with Crippen molar-refractivity contribution in [2.45, 2.75) is 19.5 Å². The molecule has 0 bridgehead atoms. The molecule has 1 heterocycles. The molecule has 0 saturated carbocycles. The van der Waals surface area contributed by atoms with Crippen LogP contribution in [0.5, 0.6) is 0 Å². The van der Waals surface area contributed by atoms with Gasteiger partial charge in [0.05, 0.1) is 0 Å². The molecule has 4 nitrogen and oxygen atoms in total. The Labute approximate surface area is 143 Å². The van der Waals surface area contributed by atoms with Gasteiger partial charge >= 0.3 is 0 Å². The van der Waals surface area contributed by atoms with Crippen LogP contribution < -0.4 is 5.73 Å². The Balaban J connectivity index is 1.52. The summed E-state index contributed by atoms with van der Waals surface area (Å²) in [6.07, 6.45) is 1.19. The van der Waals surface area contributed by atoms with Crippen LogP contribution in [0.1, 0.15) is 27.9 Å². The second kappa shape index (κ2) is 8.08. The summed E-state index contributed by atoms with van der Waals surface area (Å²) in [5, 5.41) is 0. The molecular formula is C20H25N3O. The number of benzene rings is 2. The molecule has 1 aliphatic heterocycles. The molecule has 2 aromatic rings. The third-order valence-electron chi connectivity index (χ3n) is 4.57. The molecule has 0 radical (unpaired) electrons. The first kappa shape index (κ1) is 16.7. The van der Waals surface area contributed by atoms with Crippen molar-refractivity contribution in [1.29, 1.82) is 0 Å². The zero-order valence-corrected chi connectivity index (χ0v) is 14.0. The van der Waals surface area contributed by atoms with Crippen LogP contribution in [0, 0.1) is 0 Å². The highest BCUT2D eigenvalue weighted by Crippen LogP contribution is 2.12. The largest absolute Gasteiger partial charge is 0.366 e. The average molecular weight is 323 g/mol. The Kier molecular flexibility index (Phi) is 5.62. The molecule has 0 aromatic heterocycles. The molecule has 1 saturated heterocycles. The summed E-state index contributed by atoms with van der Waals surface area (Å²) in [5.41, 5.74) is 8.48. The molecule has 1 fully saturated rings. The van der Waals surface area contributed by atoms with Gasteiger partial charge < -0.3 is 5.73 Å². The first-order valence-electron chi connectivity index (χ1n) is 8.58. The zero-order chi connectivity index (χ0) is 16.8. The van der Waals surface area contributed by atoms with Gasteiger partial charge in [-0.3, -0.25) is 14.6 Å².